The maximum atomic E-state index is 11.9. The first-order valence-electron chi connectivity index (χ1n) is 6.11. The Hall–Kier alpha value is -1.25. The molecule has 0 radical (unpaired) electrons. The predicted octanol–water partition coefficient (Wildman–Crippen LogP) is 2.67. The van der Waals surface area contributed by atoms with Crippen LogP contribution in [0.4, 0.5) is 5.69 Å². The van der Waals surface area contributed by atoms with Crippen LogP contribution in [0.25, 0.3) is 0 Å². The highest BCUT2D eigenvalue weighted by Crippen LogP contribution is 2.34. The largest absolute Gasteiger partial charge is 0.399 e. The summed E-state index contributed by atoms with van der Waals surface area (Å²) in [4.78, 5) is 11.9. The molecule has 2 N–H and O–H groups in total. The number of rotatable bonds is 2. The lowest BCUT2D eigenvalue weighted by atomic mass is 10.0. The van der Waals surface area contributed by atoms with E-state index in [1.807, 2.05) is 10.6 Å². The number of pyridine rings is 1. The molecule has 1 saturated carbocycles. The van der Waals surface area contributed by atoms with Crippen LogP contribution in [0.3, 0.4) is 0 Å². The van der Waals surface area contributed by atoms with Crippen molar-refractivity contribution >= 4 is 5.69 Å². The number of hydrogen-bond acceptors (Lipinski definition) is 2. The molecule has 3 heteroatoms. The van der Waals surface area contributed by atoms with Crippen molar-refractivity contribution in [2.45, 2.75) is 51.5 Å². The highest BCUT2D eigenvalue weighted by atomic mass is 16.1. The second-order valence-corrected chi connectivity index (χ2v) is 5.00. The van der Waals surface area contributed by atoms with E-state index in [2.05, 4.69) is 13.8 Å². The normalized spacial score (nSPS) is 17.2. The van der Waals surface area contributed by atoms with Gasteiger partial charge in [-0.1, -0.05) is 12.8 Å². The van der Waals surface area contributed by atoms with Gasteiger partial charge >= 0.3 is 0 Å². The number of nitrogens with zero attached hydrogens (tertiary/aromatic N) is 1. The quantitative estimate of drug-likeness (QED) is 0.833. The molecular weight excluding hydrogens is 200 g/mol. The van der Waals surface area contributed by atoms with Crippen LogP contribution in [0.1, 0.15) is 57.2 Å². The lowest BCUT2D eigenvalue weighted by molar-refractivity contribution is 0.518. The minimum absolute atomic E-state index is 0.0388. The minimum Gasteiger partial charge on any atom is -0.399 e. The standard InChI is InChI=1S/C13H20N2O/c1-9(2)15-12(10-5-3-4-6-10)7-11(14)8-13(15)16/h7-10H,3-6,14H2,1-2H3. The molecule has 2 rings (SSSR count). The number of anilines is 1. The van der Waals surface area contributed by atoms with Crippen LogP contribution >= 0.6 is 0 Å². The van der Waals surface area contributed by atoms with Crippen molar-refractivity contribution < 1.29 is 0 Å². The van der Waals surface area contributed by atoms with Gasteiger partial charge in [0.2, 0.25) is 0 Å². The number of aromatic nitrogens is 1. The van der Waals surface area contributed by atoms with E-state index in [0.29, 0.717) is 11.6 Å². The molecule has 1 aliphatic rings. The van der Waals surface area contributed by atoms with Gasteiger partial charge in [-0.05, 0) is 38.7 Å². The summed E-state index contributed by atoms with van der Waals surface area (Å²) in [6.45, 7) is 4.10. The van der Waals surface area contributed by atoms with E-state index in [9.17, 15) is 4.79 Å². The fourth-order valence-corrected chi connectivity index (χ4v) is 2.71. The van der Waals surface area contributed by atoms with Gasteiger partial charge in [0.05, 0.1) is 0 Å². The van der Waals surface area contributed by atoms with Crippen molar-refractivity contribution in [3.8, 4) is 0 Å². The monoisotopic (exact) mass is 220 g/mol. The number of nitrogens with two attached hydrogens (primary N) is 1. The third-order valence-electron chi connectivity index (χ3n) is 3.41. The van der Waals surface area contributed by atoms with Crippen LogP contribution in [0.5, 0.6) is 0 Å². The Bertz CT molecular complexity index is 428. The molecule has 88 valence electrons. The molecular formula is C13H20N2O. The summed E-state index contributed by atoms with van der Waals surface area (Å²) in [6, 6.07) is 3.72. The summed E-state index contributed by atoms with van der Waals surface area (Å²) >= 11 is 0. The van der Waals surface area contributed by atoms with Crippen LogP contribution < -0.4 is 11.3 Å². The van der Waals surface area contributed by atoms with E-state index >= 15 is 0 Å². The van der Waals surface area contributed by atoms with Gasteiger partial charge in [0.25, 0.3) is 5.56 Å². The Labute approximate surface area is 96.3 Å². The molecule has 0 amide bonds. The average Bonchev–Trinajstić information content (AvgIpc) is 2.67. The lowest BCUT2D eigenvalue weighted by Gasteiger charge is -2.21. The van der Waals surface area contributed by atoms with Crippen LogP contribution in [-0.4, -0.2) is 4.57 Å². The summed E-state index contributed by atoms with van der Waals surface area (Å²) in [5, 5.41) is 0. The van der Waals surface area contributed by atoms with E-state index in [1.165, 1.54) is 31.7 Å². The van der Waals surface area contributed by atoms with Gasteiger partial charge in [-0.15, -0.1) is 0 Å². The van der Waals surface area contributed by atoms with Crippen LogP contribution in [-0.2, 0) is 0 Å². The van der Waals surface area contributed by atoms with Crippen molar-refractivity contribution in [2.75, 3.05) is 5.73 Å². The fraction of sp³-hybridized carbons (Fsp3) is 0.615. The number of nitrogen functional groups attached to an aromatic ring is 1. The third kappa shape index (κ3) is 1.99. The molecule has 0 unspecified atom stereocenters. The lowest BCUT2D eigenvalue weighted by Crippen LogP contribution is -2.26. The Balaban J connectivity index is 2.52. The fourth-order valence-electron chi connectivity index (χ4n) is 2.71. The molecule has 1 aromatic heterocycles. The Morgan fingerprint density at radius 1 is 1.31 bits per heavy atom. The first-order chi connectivity index (χ1) is 7.59. The van der Waals surface area contributed by atoms with Crippen molar-refractivity contribution in [1.82, 2.24) is 4.57 Å². The van der Waals surface area contributed by atoms with Crippen LogP contribution in [0.15, 0.2) is 16.9 Å². The van der Waals surface area contributed by atoms with Gasteiger partial charge in [-0.2, -0.15) is 0 Å². The molecule has 1 aromatic rings. The number of hydrogen-bond donors (Lipinski definition) is 1. The summed E-state index contributed by atoms with van der Waals surface area (Å²) in [6.07, 6.45) is 4.92. The average molecular weight is 220 g/mol. The van der Waals surface area contributed by atoms with E-state index in [1.54, 1.807) is 0 Å². The van der Waals surface area contributed by atoms with Crippen molar-refractivity contribution in [3.05, 3.63) is 28.2 Å². The summed E-state index contributed by atoms with van der Waals surface area (Å²) < 4.78 is 1.90. The summed E-state index contributed by atoms with van der Waals surface area (Å²) in [5.41, 5.74) is 7.56. The highest BCUT2D eigenvalue weighted by Gasteiger charge is 2.21. The zero-order chi connectivity index (χ0) is 11.7. The molecule has 0 aromatic carbocycles. The Morgan fingerprint density at radius 2 is 1.94 bits per heavy atom. The minimum atomic E-state index is 0.0388. The Kier molecular flexibility index (Phi) is 3.03. The molecule has 1 heterocycles. The third-order valence-corrected chi connectivity index (χ3v) is 3.41. The van der Waals surface area contributed by atoms with Gasteiger partial charge in [-0.25, -0.2) is 0 Å². The van der Waals surface area contributed by atoms with Gasteiger partial charge in [0.1, 0.15) is 0 Å². The first-order valence-corrected chi connectivity index (χ1v) is 6.11. The zero-order valence-electron chi connectivity index (χ0n) is 10.1. The van der Waals surface area contributed by atoms with E-state index in [4.69, 9.17) is 5.73 Å². The first kappa shape index (κ1) is 11.2. The maximum absolute atomic E-state index is 11.9. The predicted molar refractivity (Wildman–Crippen MR) is 66.7 cm³/mol. The molecule has 1 aliphatic carbocycles. The smallest absolute Gasteiger partial charge is 0.253 e. The molecule has 0 atom stereocenters. The van der Waals surface area contributed by atoms with Gasteiger partial charge < -0.3 is 10.3 Å². The molecule has 0 saturated heterocycles. The van der Waals surface area contributed by atoms with Gasteiger partial charge in [0, 0.05) is 23.5 Å². The van der Waals surface area contributed by atoms with Crippen molar-refractivity contribution in [2.24, 2.45) is 0 Å². The SMILES string of the molecule is CC(C)n1c(C2CCCC2)cc(N)cc1=O. The Morgan fingerprint density at radius 3 is 2.50 bits per heavy atom. The van der Waals surface area contributed by atoms with Gasteiger partial charge in [-0.3, -0.25) is 4.79 Å². The molecule has 0 bridgehead atoms. The topological polar surface area (TPSA) is 48.0 Å². The van der Waals surface area contributed by atoms with E-state index in [-0.39, 0.29) is 11.6 Å². The van der Waals surface area contributed by atoms with Crippen molar-refractivity contribution in [1.29, 1.82) is 0 Å². The van der Waals surface area contributed by atoms with Gasteiger partial charge in [0.15, 0.2) is 0 Å². The molecule has 0 aliphatic heterocycles. The maximum Gasteiger partial charge on any atom is 0.253 e. The summed E-state index contributed by atoms with van der Waals surface area (Å²) in [7, 11) is 0. The van der Waals surface area contributed by atoms with Crippen molar-refractivity contribution in [3.63, 3.8) is 0 Å². The second kappa shape index (κ2) is 4.32. The molecule has 3 nitrogen and oxygen atoms in total. The van der Waals surface area contributed by atoms with E-state index in [0.717, 1.165) is 5.69 Å². The van der Waals surface area contributed by atoms with Crippen LogP contribution in [0.2, 0.25) is 0 Å². The molecule has 16 heavy (non-hydrogen) atoms. The summed E-state index contributed by atoms with van der Waals surface area (Å²) in [5.74, 6) is 0.526. The molecule has 0 spiro atoms. The van der Waals surface area contributed by atoms with Crippen LogP contribution in [0, 0.1) is 0 Å². The zero-order valence-corrected chi connectivity index (χ0v) is 10.1. The highest BCUT2D eigenvalue weighted by molar-refractivity contribution is 5.39. The molecule has 1 fully saturated rings. The second-order valence-electron chi connectivity index (χ2n) is 5.00. The van der Waals surface area contributed by atoms with E-state index < -0.39 is 0 Å².